The smallest absolute Gasteiger partial charge is 0.255 e. The fourth-order valence-electron chi connectivity index (χ4n) is 3.72. The first-order valence-corrected chi connectivity index (χ1v) is 12.0. The first-order chi connectivity index (χ1) is 16.3. The summed E-state index contributed by atoms with van der Waals surface area (Å²) in [5.74, 6) is 1.09. The Kier molecular flexibility index (Phi) is 8.73. The lowest BCUT2D eigenvalue weighted by Crippen LogP contribution is -2.31. The highest BCUT2D eigenvalue weighted by molar-refractivity contribution is 6.05. The number of aryl methyl sites for hydroxylation is 1. The van der Waals surface area contributed by atoms with Crippen LogP contribution in [0.4, 0.5) is 5.69 Å². The second-order valence-electron chi connectivity index (χ2n) is 8.80. The van der Waals surface area contributed by atoms with E-state index in [1.54, 1.807) is 19.1 Å². The number of nitrogens with zero attached hydrogens (tertiary/aromatic N) is 1. The minimum absolute atomic E-state index is 0.176. The van der Waals surface area contributed by atoms with Crippen molar-refractivity contribution in [3.63, 3.8) is 0 Å². The summed E-state index contributed by atoms with van der Waals surface area (Å²) >= 11 is 0. The predicted molar refractivity (Wildman–Crippen MR) is 130 cm³/mol. The molecule has 184 valence electrons. The Morgan fingerprint density at radius 3 is 2.71 bits per heavy atom. The third kappa shape index (κ3) is 6.85. The number of amides is 3. The second-order valence-corrected chi connectivity index (χ2v) is 8.80. The molecular weight excluding hydrogens is 434 g/mol. The van der Waals surface area contributed by atoms with E-state index in [0.29, 0.717) is 66.8 Å². The Bertz CT molecular complexity index is 981. The standard InChI is InChI=1S/C26H35N3O5/c1-5-33-23-14-17(2)22(28-25(31)18(3)16-34-19(4)20-9-10-20)15-21(23)26(32)27-11-7-13-29-12-6-8-24(29)30/h14-16,20H,4-13H2,1-3H3,(H,27,32)(H,28,31)/b18-16+. The Hall–Kier alpha value is -3.29. The Balaban J connectivity index is 1.63. The van der Waals surface area contributed by atoms with E-state index in [1.165, 1.54) is 6.26 Å². The molecule has 3 amide bonds. The van der Waals surface area contributed by atoms with Gasteiger partial charge in [0, 0.05) is 43.2 Å². The number of carbonyl (C=O) groups is 3. The fraction of sp³-hybridized carbons (Fsp3) is 0.500. The fourth-order valence-corrected chi connectivity index (χ4v) is 3.72. The average Bonchev–Trinajstić information content (AvgIpc) is 3.58. The van der Waals surface area contributed by atoms with Gasteiger partial charge in [-0.3, -0.25) is 14.4 Å². The average molecular weight is 470 g/mol. The molecule has 0 unspecified atom stereocenters. The summed E-state index contributed by atoms with van der Waals surface area (Å²) in [6.07, 6.45) is 5.75. The molecule has 1 aromatic carbocycles. The molecule has 1 aromatic rings. The highest BCUT2D eigenvalue weighted by Gasteiger charge is 2.26. The van der Waals surface area contributed by atoms with Crippen molar-refractivity contribution in [2.75, 3.05) is 31.6 Å². The number of allylic oxidation sites excluding steroid dienone is 1. The van der Waals surface area contributed by atoms with E-state index in [0.717, 1.165) is 31.4 Å². The molecule has 0 spiro atoms. The van der Waals surface area contributed by atoms with Crippen LogP contribution in [0.15, 0.2) is 36.3 Å². The summed E-state index contributed by atoms with van der Waals surface area (Å²) in [6, 6.07) is 3.39. The zero-order valence-electron chi connectivity index (χ0n) is 20.4. The summed E-state index contributed by atoms with van der Waals surface area (Å²) < 4.78 is 11.2. The van der Waals surface area contributed by atoms with E-state index < -0.39 is 0 Å². The molecule has 2 aliphatic rings. The number of hydrogen-bond donors (Lipinski definition) is 2. The van der Waals surface area contributed by atoms with Gasteiger partial charge in [0.05, 0.1) is 24.2 Å². The second kappa shape index (κ2) is 11.7. The molecule has 0 radical (unpaired) electrons. The number of likely N-dealkylation sites (tertiary alicyclic amines) is 1. The highest BCUT2D eigenvalue weighted by atomic mass is 16.5. The van der Waals surface area contributed by atoms with Crippen molar-refractivity contribution < 1.29 is 23.9 Å². The maximum atomic E-state index is 12.9. The van der Waals surface area contributed by atoms with E-state index in [1.807, 2.05) is 18.7 Å². The topological polar surface area (TPSA) is 97.0 Å². The summed E-state index contributed by atoms with van der Waals surface area (Å²) in [5.41, 5.74) is 2.05. The Labute approximate surface area is 201 Å². The van der Waals surface area contributed by atoms with Crippen molar-refractivity contribution in [3.8, 4) is 5.75 Å². The van der Waals surface area contributed by atoms with E-state index in [2.05, 4.69) is 17.2 Å². The Morgan fingerprint density at radius 2 is 2.06 bits per heavy atom. The first kappa shape index (κ1) is 25.3. The molecule has 34 heavy (non-hydrogen) atoms. The van der Waals surface area contributed by atoms with Gasteiger partial charge in [-0.25, -0.2) is 0 Å². The lowest BCUT2D eigenvalue weighted by Gasteiger charge is -2.17. The van der Waals surface area contributed by atoms with Gasteiger partial charge in [-0.05, 0) is 64.2 Å². The van der Waals surface area contributed by atoms with Crippen molar-refractivity contribution in [2.45, 2.75) is 52.9 Å². The molecule has 1 saturated heterocycles. The number of carbonyl (C=O) groups excluding carboxylic acids is 3. The summed E-state index contributed by atoms with van der Waals surface area (Å²) in [7, 11) is 0. The minimum atomic E-state index is -0.322. The van der Waals surface area contributed by atoms with Crippen LogP contribution in [0.5, 0.6) is 5.75 Å². The van der Waals surface area contributed by atoms with Gasteiger partial charge >= 0.3 is 0 Å². The van der Waals surface area contributed by atoms with Crippen molar-refractivity contribution >= 4 is 23.4 Å². The summed E-state index contributed by atoms with van der Waals surface area (Å²) in [5, 5.41) is 5.75. The molecule has 1 saturated carbocycles. The van der Waals surface area contributed by atoms with E-state index in [9.17, 15) is 14.4 Å². The number of hydrogen-bond acceptors (Lipinski definition) is 5. The van der Waals surface area contributed by atoms with Crippen molar-refractivity contribution in [2.24, 2.45) is 5.92 Å². The summed E-state index contributed by atoms with van der Waals surface area (Å²) in [6.45, 7) is 11.5. The van der Waals surface area contributed by atoms with Gasteiger partial charge in [-0.15, -0.1) is 0 Å². The lowest BCUT2D eigenvalue weighted by atomic mass is 10.1. The molecule has 1 aliphatic carbocycles. The van der Waals surface area contributed by atoms with Crippen molar-refractivity contribution in [1.82, 2.24) is 10.2 Å². The van der Waals surface area contributed by atoms with Gasteiger partial charge in [0.25, 0.3) is 11.8 Å². The molecular formula is C26H35N3O5. The monoisotopic (exact) mass is 469 g/mol. The van der Waals surface area contributed by atoms with Crippen LogP contribution in [0.3, 0.4) is 0 Å². The third-order valence-electron chi connectivity index (χ3n) is 5.96. The van der Waals surface area contributed by atoms with E-state index in [-0.39, 0.29) is 17.7 Å². The van der Waals surface area contributed by atoms with Crippen LogP contribution in [0.25, 0.3) is 0 Å². The molecule has 3 rings (SSSR count). The zero-order valence-corrected chi connectivity index (χ0v) is 20.4. The van der Waals surface area contributed by atoms with Crippen LogP contribution in [0, 0.1) is 12.8 Å². The van der Waals surface area contributed by atoms with Gasteiger partial charge in [0.15, 0.2) is 0 Å². The molecule has 0 aromatic heterocycles. The number of nitrogens with one attached hydrogen (secondary N) is 2. The summed E-state index contributed by atoms with van der Waals surface area (Å²) in [4.78, 5) is 39.1. The van der Waals surface area contributed by atoms with Crippen LogP contribution in [0.2, 0.25) is 0 Å². The first-order valence-electron chi connectivity index (χ1n) is 12.0. The predicted octanol–water partition coefficient (Wildman–Crippen LogP) is 3.92. The van der Waals surface area contributed by atoms with Crippen molar-refractivity contribution in [3.05, 3.63) is 47.4 Å². The molecule has 8 nitrogen and oxygen atoms in total. The molecule has 2 fully saturated rings. The maximum absolute atomic E-state index is 12.9. The van der Waals surface area contributed by atoms with Gasteiger partial charge in [-0.2, -0.15) is 0 Å². The number of rotatable bonds is 12. The van der Waals surface area contributed by atoms with Crippen LogP contribution < -0.4 is 15.4 Å². The van der Waals surface area contributed by atoms with Crippen LogP contribution in [-0.2, 0) is 14.3 Å². The van der Waals surface area contributed by atoms with E-state index in [4.69, 9.17) is 9.47 Å². The van der Waals surface area contributed by atoms with Gasteiger partial charge in [0.2, 0.25) is 5.91 Å². The molecule has 1 aliphatic heterocycles. The highest BCUT2D eigenvalue weighted by Crippen LogP contribution is 2.36. The number of anilines is 1. The van der Waals surface area contributed by atoms with Crippen LogP contribution in [-0.4, -0.2) is 48.9 Å². The normalized spacial score (nSPS) is 15.8. The SMILES string of the molecule is C=C(O/C=C(\C)C(=O)Nc1cc(C(=O)NCCCN2CCCC2=O)c(OCC)cc1C)C1CC1. The number of ether oxygens (including phenoxy) is 2. The largest absolute Gasteiger partial charge is 0.493 e. The third-order valence-corrected chi connectivity index (χ3v) is 5.96. The lowest BCUT2D eigenvalue weighted by molar-refractivity contribution is -0.127. The molecule has 1 heterocycles. The minimum Gasteiger partial charge on any atom is -0.493 e. The zero-order chi connectivity index (χ0) is 24.7. The quantitative estimate of drug-likeness (QED) is 0.275. The van der Waals surface area contributed by atoms with Crippen molar-refractivity contribution in [1.29, 1.82) is 0 Å². The van der Waals surface area contributed by atoms with Crippen LogP contribution in [0.1, 0.15) is 61.9 Å². The number of benzene rings is 1. The maximum Gasteiger partial charge on any atom is 0.255 e. The molecule has 2 N–H and O–H groups in total. The van der Waals surface area contributed by atoms with Gasteiger partial charge in [-0.1, -0.05) is 6.58 Å². The molecule has 8 heteroatoms. The Morgan fingerprint density at radius 1 is 1.29 bits per heavy atom. The van der Waals surface area contributed by atoms with Crippen LogP contribution >= 0.6 is 0 Å². The van der Waals surface area contributed by atoms with Gasteiger partial charge < -0.3 is 25.0 Å². The molecule has 0 bridgehead atoms. The van der Waals surface area contributed by atoms with E-state index >= 15 is 0 Å². The molecule has 0 atom stereocenters. The van der Waals surface area contributed by atoms with Gasteiger partial charge in [0.1, 0.15) is 5.75 Å².